The molecule has 0 aliphatic carbocycles. The summed E-state index contributed by atoms with van der Waals surface area (Å²) in [6.07, 6.45) is -0.621. The van der Waals surface area contributed by atoms with Crippen LogP contribution in [0.25, 0.3) is 0 Å². The first-order valence-electron chi connectivity index (χ1n) is 5.14. The van der Waals surface area contributed by atoms with E-state index in [0.717, 1.165) is 5.56 Å². The highest BCUT2D eigenvalue weighted by molar-refractivity contribution is 5.42. The standard InChI is InChI=1S/C14H10FO2/c15-13-8-4-7-12(9-13)14(17-10-16)11-5-2-1-3-6-11/h1-9,14H. The van der Waals surface area contributed by atoms with Crippen molar-refractivity contribution in [1.29, 1.82) is 0 Å². The quantitative estimate of drug-likeness (QED) is 0.805. The summed E-state index contributed by atoms with van der Waals surface area (Å²) < 4.78 is 18.0. The first-order valence-corrected chi connectivity index (χ1v) is 5.14. The van der Waals surface area contributed by atoms with E-state index in [1.165, 1.54) is 18.6 Å². The molecule has 2 aromatic carbocycles. The van der Waals surface area contributed by atoms with Gasteiger partial charge in [0.15, 0.2) is 6.10 Å². The van der Waals surface area contributed by atoms with E-state index in [1.54, 1.807) is 12.1 Å². The van der Waals surface area contributed by atoms with Gasteiger partial charge in [0.25, 0.3) is 0 Å². The summed E-state index contributed by atoms with van der Waals surface area (Å²) in [6, 6.07) is 15.1. The third-order valence-corrected chi connectivity index (χ3v) is 2.42. The van der Waals surface area contributed by atoms with E-state index >= 15 is 0 Å². The molecule has 3 heteroatoms. The summed E-state index contributed by atoms with van der Waals surface area (Å²) in [5, 5.41) is 0. The van der Waals surface area contributed by atoms with Crippen molar-refractivity contribution in [2.75, 3.05) is 0 Å². The first-order chi connectivity index (χ1) is 8.31. The topological polar surface area (TPSA) is 26.3 Å². The van der Waals surface area contributed by atoms with Gasteiger partial charge in [0, 0.05) is 0 Å². The molecule has 2 rings (SSSR count). The van der Waals surface area contributed by atoms with Crippen LogP contribution in [0.5, 0.6) is 0 Å². The second-order valence-corrected chi connectivity index (χ2v) is 3.55. The predicted octanol–water partition coefficient (Wildman–Crippen LogP) is 3.00. The largest absolute Gasteiger partial charge is 0.444 e. The van der Waals surface area contributed by atoms with Crippen molar-refractivity contribution in [3.63, 3.8) is 0 Å². The zero-order chi connectivity index (χ0) is 12.1. The lowest BCUT2D eigenvalue weighted by atomic mass is 10.0. The van der Waals surface area contributed by atoms with Crippen LogP contribution in [0.1, 0.15) is 17.2 Å². The van der Waals surface area contributed by atoms with Gasteiger partial charge in [-0.3, -0.25) is 0 Å². The summed E-state index contributed by atoms with van der Waals surface area (Å²) >= 11 is 0. The third kappa shape index (κ3) is 2.69. The summed E-state index contributed by atoms with van der Waals surface area (Å²) in [7, 11) is 0. The molecule has 0 aromatic heterocycles. The third-order valence-electron chi connectivity index (χ3n) is 2.42. The lowest BCUT2D eigenvalue weighted by Crippen LogP contribution is -2.05. The van der Waals surface area contributed by atoms with Gasteiger partial charge in [0.05, 0.1) is 0 Å². The van der Waals surface area contributed by atoms with Crippen molar-refractivity contribution in [3.8, 4) is 0 Å². The Kier molecular flexibility index (Phi) is 3.50. The molecule has 0 saturated carbocycles. The number of hydrogen-bond acceptors (Lipinski definition) is 2. The van der Waals surface area contributed by atoms with Crippen LogP contribution in [0.2, 0.25) is 0 Å². The normalized spacial score (nSPS) is 11.8. The molecule has 0 amide bonds. The lowest BCUT2D eigenvalue weighted by molar-refractivity contribution is 0.215. The number of carbonyl (C=O) groups excluding carboxylic acids is 1. The average Bonchev–Trinajstić information content (AvgIpc) is 2.37. The van der Waals surface area contributed by atoms with Crippen LogP contribution in [0, 0.1) is 5.82 Å². The second kappa shape index (κ2) is 5.25. The maximum absolute atomic E-state index is 13.1. The number of rotatable bonds is 4. The Balaban J connectivity index is 2.39. The fraction of sp³-hybridized carbons (Fsp3) is 0.0714. The molecule has 1 unspecified atom stereocenters. The van der Waals surface area contributed by atoms with E-state index in [9.17, 15) is 9.18 Å². The van der Waals surface area contributed by atoms with E-state index < -0.39 is 6.10 Å². The van der Waals surface area contributed by atoms with Crippen LogP contribution in [0.15, 0.2) is 54.6 Å². The Labute approximate surface area is 98.7 Å². The van der Waals surface area contributed by atoms with Crippen LogP contribution >= 0.6 is 0 Å². The molecule has 0 heterocycles. The van der Waals surface area contributed by atoms with Gasteiger partial charge in [-0.1, -0.05) is 42.5 Å². The summed E-state index contributed by atoms with van der Waals surface area (Å²) in [4.78, 5) is 10.4. The Morgan fingerprint density at radius 3 is 2.35 bits per heavy atom. The van der Waals surface area contributed by atoms with E-state index in [2.05, 4.69) is 0 Å². The minimum Gasteiger partial charge on any atom is -0.444 e. The molecule has 0 bridgehead atoms. The first kappa shape index (κ1) is 11.3. The van der Waals surface area contributed by atoms with Crippen LogP contribution in [-0.4, -0.2) is 6.47 Å². The average molecular weight is 229 g/mol. The van der Waals surface area contributed by atoms with Gasteiger partial charge in [-0.15, -0.1) is 0 Å². The fourth-order valence-corrected chi connectivity index (χ4v) is 1.67. The van der Waals surface area contributed by atoms with Crippen LogP contribution < -0.4 is 0 Å². The Morgan fingerprint density at radius 1 is 1.00 bits per heavy atom. The van der Waals surface area contributed by atoms with Crippen molar-refractivity contribution in [1.82, 2.24) is 0 Å². The van der Waals surface area contributed by atoms with Crippen molar-refractivity contribution in [2.45, 2.75) is 6.10 Å². The molecule has 2 nitrogen and oxygen atoms in total. The van der Waals surface area contributed by atoms with E-state index in [1.807, 2.05) is 30.3 Å². The summed E-state index contributed by atoms with van der Waals surface area (Å²) in [6.45, 7) is 1.41. The number of halogens is 1. The summed E-state index contributed by atoms with van der Waals surface area (Å²) in [5.74, 6) is -0.363. The van der Waals surface area contributed by atoms with Gasteiger partial charge in [0.1, 0.15) is 5.82 Å². The maximum atomic E-state index is 13.1. The zero-order valence-electron chi connectivity index (χ0n) is 8.97. The highest BCUT2D eigenvalue weighted by Crippen LogP contribution is 2.25. The molecule has 2 aromatic rings. The molecule has 0 N–H and O–H groups in total. The van der Waals surface area contributed by atoms with Gasteiger partial charge >= 0.3 is 6.47 Å². The van der Waals surface area contributed by atoms with Crippen molar-refractivity contribution < 1.29 is 13.9 Å². The van der Waals surface area contributed by atoms with Crippen molar-refractivity contribution >= 4 is 6.47 Å². The van der Waals surface area contributed by atoms with E-state index in [4.69, 9.17) is 4.74 Å². The second-order valence-electron chi connectivity index (χ2n) is 3.55. The molecule has 85 valence electrons. The Bertz CT molecular complexity index is 497. The Hall–Kier alpha value is -2.16. The predicted molar refractivity (Wildman–Crippen MR) is 61.5 cm³/mol. The highest BCUT2D eigenvalue weighted by Gasteiger charge is 2.15. The Morgan fingerprint density at radius 2 is 1.71 bits per heavy atom. The van der Waals surface area contributed by atoms with Gasteiger partial charge in [-0.2, -0.15) is 0 Å². The van der Waals surface area contributed by atoms with E-state index in [0.29, 0.717) is 5.56 Å². The molecule has 0 aliphatic rings. The van der Waals surface area contributed by atoms with E-state index in [-0.39, 0.29) is 5.82 Å². The van der Waals surface area contributed by atoms with Gasteiger partial charge in [0.2, 0.25) is 0 Å². The zero-order valence-corrected chi connectivity index (χ0v) is 8.97. The molecule has 0 aliphatic heterocycles. The van der Waals surface area contributed by atoms with Crippen LogP contribution in [0.3, 0.4) is 0 Å². The smallest absolute Gasteiger partial charge is 0.418 e. The molecule has 1 atom stereocenters. The number of hydrogen-bond donors (Lipinski definition) is 0. The van der Waals surface area contributed by atoms with Gasteiger partial charge < -0.3 is 4.74 Å². The highest BCUT2D eigenvalue weighted by atomic mass is 19.1. The monoisotopic (exact) mass is 229 g/mol. The van der Waals surface area contributed by atoms with Crippen molar-refractivity contribution in [3.05, 3.63) is 71.5 Å². The molecular formula is C14H10FO2. The molecule has 17 heavy (non-hydrogen) atoms. The molecule has 0 spiro atoms. The molecular weight excluding hydrogens is 219 g/mol. The number of benzene rings is 2. The number of ether oxygens (including phenoxy) is 1. The molecule has 1 radical (unpaired) electrons. The SMILES string of the molecule is O=[C]OC(c1ccccc1)c1cccc(F)c1. The van der Waals surface area contributed by atoms with Gasteiger partial charge in [-0.05, 0) is 23.3 Å². The minimum atomic E-state index is -0.621. The van der Waals surface area contributed by atoms with Crippen LogP contribution in [0.4, 0.5) is 4.39 Å². The van der Waals surface area contributed by atoms with Gasteiger partial charge in [-0.25, -0.2) is 9.18 Å². The fourth-order valence-electron chi connectivity index (χ4n) is 1.67. The van der Waals surface area contributed by atoms with Crippen molar-refractivity contribution in [2.24, 2.45) is 0 Å². The molecule has 0 fully saturated rings. The lowest BCUT2D eigenvalue weighted by Gasteiger charge is -2.15. The van der Waals surface area contributed by atoms with Crippen LogP contribution in [-0.2, 0) is 9.53 Å². The molecule has 0 saturated heterocycles. The maximum Gasteiger partial charge on any atom is 0.418 e. The summed E-state index contributed by atoms with van der Waals surface area (Å²) in [5.41, 5.74) is 1.36. The minimum absolute atomic E-state index is 0.363.